The Morgan fingerprint density at radius 3 is 2.61 bits per heavy atom. The van der Waals surface area contributed by atoms with Crippen LogP contribution in [-0.2, 0) is 4.79 Å². The Hall–Kier alpha value is -2.24. The third-order valence-corrected chi connectivity index (χ3v) is 2.17. The van der Waals surface area contributed by atoms with E-state index in [0.717, 1.165) is 12.2 Å². The molecule has 0 amide bonds. The normalized spacial score (nSPS) is 10.9. The molecule has 0 saturated carbocycles. The molecule has 0 aliphatic rings. The second-order valence-electron chi connectivity index (χ2n) is 3.38. The minimum Gasteiger partial charge on any atom is -0.478 e. The number of alkyl halides is 2. The first-order valence-corrected chi connectivity index (χ1v) is 4.90. The minimum atomic E-state index is -3.09. The van der Waals surface area contributed by atoms with Gasteiger partial charge in [-0.25, -0.2) is 4.79 Å². The zero-order chi connectivity index (χ0) is 13.7. The summed E-state index contributed by atoms with van der Waals surface area (Å²) in [7, 11) is 0. The number of hydrogen-bond donors (Lipinski definition) is 1. The number of aryl methyl sites for hydroxylation is 1. The maximum absolute atomic E-state index is 12.3. The molecule has 0 saturated heterocycles. The van der Waals surface area contributed by atoms with Crippen molar-refractivity contribution in [3.05, 3.63) is 34.9 Å². The van der Waals surface area contributed by atoms with Gasteiger partial charge in [0.2, 0.25) is 0 Å². The van der Waals surface area contributed by atoms with Crippen LogP contribution in [0.15, 0.2) is 18.2 Å². The Balaban J connectivity index is 3.35. The fourth-order valence-corrected chi connectivity index (χ4v) is 1.39. The monoisotopic (exact) mass is 256 g/mol. The number of carbonyl (C=O) groups is 2. The lowest BCUT2D eigenvalue weighted by Gasteiger charge is -2.12. The van der Waals surface area contributed by atoms with Crippen molar-refractivity contribution in [2.45, 2.75) is 13.5 Å². The van der Waals surface area contributed by atoms with E-state index in [1.807, 2.05) is 0 Å². The zero-order valence-electron chi connectivity index (χ0n) is 9.39. The Bertz CT molecular complexity index is 495. The molecule has 0 heterocycles. The van der Waals surface area contributed by atoms with Crippen LogP contribution in [0.2, 0.25) is 0 Å². The lowest BCUT2D eigenvalue weighted by Crippen LogP contribution is -2.07. The van der Waals surface area contributed by atoms with Crippen molar-refractivity contribution in [2.24, 2.45) is 0 Å². The van der Waals surface area contributed by atoms with Crippen LogP contribution in [-0.4, -0.2) is 24.0 Å². The number of carboxylic acid groups (broad SMARTS) is 1. The standard InChI is InChI=1S/C12H10F2O4/c1-7-2-3-8(6-15)11(18-12(13)14)9(7)4-5-10(16)17/h2-6,12H,1H3,(H,16,17)/b5-4+. The third-order valence-electron chi connectivity index (χ3n) is 2.17. The number of ether oxygens (including phenoxy) is 1. The van der Waals surface area contributed by atoms with Crippen LogP contribution in [0.1, 0.15) is 21.5 Å². The van der Waals surface area contributed by atoms with Crippen molar-refractivity contribution < 1.29 is 28.2 Å². The number of carbonyl (C=O) groups excluding carboxylic acids is 1. The predicted molar refractivity (Wildman–Crippen MR) is 59.9 cm³/mol. The number of aldehydes is 1. The van der Waals surface area contributed by atoms with Gasteiger partial charge in [0.05, 0.1) is 5.56 Å². The Morgan fingerprint density at radius 2 is 2.11 bits per heavy atom. The average molecular weight is 256 g/mol. The van der Waals surface area contributed by atoms with Crippen molar-refractivity contribution in [3.63, 3.8) is 0 Å². The van der Waals surface area contributed by atoms with Crippen molar-refractivity contribution >= 4 is 18.3 Å². The molecule has 0 aliphatic carbocycles. The molecular weight excluding hydrogens is 246 g/mol. The van der Waals surface area contributed by atoms with E-state index in [-0.39, 0.29) is 16.9 Å². The highest BCUT2D eigenvalue weighted by Gasteiger charge is 2.15. The molecule has 0 bridgehead atoms. The number of hydrogen-bond acceptors (Lipinski definition) is 3. The first-order valence-electron chi connectivity index (χ1n) is 4.90. The number of carboxylic acids is 1. The highest BCUT2D eigenvalue weighted by molar-refractivity contribution is 5.89. The van der Waals surface area contributed by atoms with Crippen LogP contribution in [0.3, 0.4) is 0 Å². The number of halogens is 2. The summed E-state index contributed by atoms with van der Waals surface area (Å²) in [6, 6.07) is 2.85. The molecule has 4 nitrogen and oxygen atoms in total. The summed E-state index contributed by atoms with van der Waals surface area (Å²) in [5.74, 6) is -1.55. The summed E-state index contributed by atoms with van der Waals surface area (Å²) in [4.78, 5) is 21.2. The highest BCUT2D eigenvalue weighted by atomic mass is 19.3. The quantitative estimate of drug-likeness (QED) is 0.649. The molecule has 6 heteroatoms. The molecule has 0 aromatic heterocycles. The SMILES string of the molecule is Cc1ccc(C=O)c(OC(F)F)c1/C=C/C(=O)O. The second kappa shape index (κ2) is 5.90. The molecule has 0 fully saturated rings. The molecule has 1 N–H and O–H groups in total. The average Bonchev–Trinajstić information content (AvgIpc) is 2.27. The first-order chi connectivity index (χ1) is 8.45. The fraction of sp³-hybridized carbons (Fsp3) is 0.167. The molecule has 0 atom stereocenters. The third kappa shape index (κ3) is 3.38. The van der Waals surface area contributed by atoms with Gasteiger partial charge in [-0.15, -0.1) is 0 Å². The zero-order valence-corrected chi connectivity index (χ0v) is 9.39. The van der Waals surface area contributed by atoms with E-state index < -0.39 is 12.6 Å². The lowest BCUT2D eigenvalue weighted by atomic mass is 10.0. The molecule has 1 aromatic rings. The smallest absolute Gasteiger partial charge is 0.387 e. The van der Waals surface area contributed by atoms with E-state index in [0.29, 0.717) is 11.8 Å². The van der Waals surface area contributed by atoms with Gasteiger partial charge in [-0.3, -0.25) is 4.79 Å². The maximum atomic E-state index is 12.3. The van der Waals surface area contributed by atoms with E-state index in [2.05, 4.69) is 4.74 Å². The molecule has 0 unspecified atom stereocenters. The Kier molecular flexibility index (Phi) is 4.53. The highest BCUT2D eigenvalue weighted by Crippen LogP contribution is 2.29. The van der Waals surface area contributed by atoms with Crippen molar-refractivity contribution in [2.75, 3.05) is 0 Å². The molecular formula is C12H10F2O4. The minimum absolute atomic E-state index is 0.0639. The molecule has 0 aliphatic heterocycles. The van der Waals surface area contributed by atoms with Gasteiger partial charge < -0.3 is 9.84 Å². The summed E-state index contributed by atoms with van der Waals surface area (Å²) < 4.78 is 28.8. The molecule has 1 rings (SSSR count). The van der Waals surface area contributed by atoms with Gasteiger partial charge in [-0.2, -0.15) is 8.78 Å². The van der Waals surface area contributed by atoms with Gasteiger partial charge in [0, 0.05) is 11.6 Å². The first kappa shape index (κ1) is 13.8. The van der Waals surface area contributed by atoms with Gasteiger partial charge in [0.15, 0.2) is 6.29 Å². The molecule has 0 radical (unpaired) electrons. The van der Waals surface area contributed by atoms with Gasteiger partial charge in [0.1, 0.15) is 5.75 Å². The van der Waals surface area contributed by atoms with E-state index >= 15 is 0 Å². The summed E-state index contributed by atoms with van der Waals surface area (Å²) in [5, 5.41) is 8.52. The van der Waals surface area contributed by atoms with E-state index in [1.165, 1.54) is 12.1 Å². The second-order valence-corrected chi connectivity index (χ2v) is 3.38. The fourth-order valence-electron chi connectivity index (χ4n) is 1.39. The Labute approximate surface area is 101 Å². The van der Waals surface area contributed by atoms with Crippen LogP contribution in [0.4, 0.5) is 8.78 Å². The maximum Gasteiger partial charge on any atom is 0.387 e. The molecule has 1 aromatic carbocycles. The van der Waals surface area contributed by atoms with Crippen LogP contribution in [0.25, 0.3) is 6.08 Å². The predicted octanol–water partition coefficient (Wildman–Crippen LogP) is 2.51. The van der Waals surface area contributed by atoms with Crippen LogP contribution < -0.4 is 4.74 Å². The van der Waals surface area contributed by atoms with Gasteiger partial charge in [-0.05, 0) is 24.6 Å². The summed E-state index contributed by atoms with van der Waals surface area (Å²) in [6.07, 6.45) is 2.27. The van der Waals surface area contributed by atoms with E-state index in [9.17, 15) is 18.4 Å². The summed E-state index contributed by atoms with van der Waals surface area (Å²) in [6.45, 7) is -1.50. The topological polar surface area (TPSA) is 63.6 Å². The van der Waals surface area contributed by atoms with Crippen molar-refractivity contribution in [1.82, 2.24) is 0 Å². The van der Waals surface area contributed by atoms with E-state index in [4.69, 9.17) is 5.11 Å². The molecule has 0 spiro atoms. The lowest BCUT2D eigenvalue weighted by molar-refractivity contribution is -0.131. The molecule has 18 heavy (non-hydrogen) atoms. The van der Waals surface area contributed by atoms with Gasteiger partial charge in [-0.1, -0.05) is 6.07 Å². The number of benzene rings is 1. The van der Waals surface area contributed by atoms with Gasteiger partial charge >= 0.3 is 12.6 Å². The summed E-state index contributed by atoms with van der Waals surface area (Å²) in [5.41, 5.74) is 0.599. The van der Waals surface area contributed by atoms with Crippen LogP contribution >= 0.6 is 0 Å². The van der Waals surface area contributed by atoms with Crippen LogP contribution in [0, 0.1) is 6.92 Å². The number of rotatable bonds is 5. The van der Waals surface area contributed by atoms with Crippen molar-refractivity contribution in [1.29, 1.82) is 0 Å². The Morgan fingerprint density at radius 1 is 1.44 bits per heavy atom. The molecule has 96 valence electrons. The van der Waals surface area contributed by atoms with E-state index in [1.54, 1.807) is 6.92 Å². The van der Waals surface area contributed by atoms with Gasteiger partial charge in [0.25, 0.3) is 0 Å². The number of aliphatic carboxylic acids is 1. The summed E-state index contributed by atoms with van der Waals surface area (Å²) >= 11 is 0. The largest absolute Gasteiger partial charge is 0.478 e. The van der Waals surface area contributed by atoms with Crippen molar-refractivity contribution in [3.8, 4) is 5.75 Å². The van der Waals surface area contributed by atoms with Crippen LogP contribution in [0.5, 0.6) is 5.75 Å².